The fraction of sp³-hybridized carbons (Fsp3) is 0.667. The van der Waals surface area contributed by atoms with Gasteiger partial charge < -0.3 is 4.74 Å². The third-order valence-corrected chi connectivity index (χ3v) is 5.93. The third-order valence-electron chi connectivity index (χ3n) is 3.50. The summed E-state index contributed by atoms with van der Waals surface area (Å²) >= 11 is 5.66. The van der Waals surface area contributed by atoms with Gasteiger partial charge in [-0.05, 0) is 42.4 Å². The van der Waals surface area contributed by atoms with Crippen LogP contribution in [0.4, 0.5) is 0 Å². The van der Waals surface area contributed by atoms with Crippen LogP contribution in [0.15, 0.2) is 11.1 Å². The molecule has 0 amide bonds. The van der Waals surface area contributed by atoms with Crippen molar-refractivity contribution in [3.8, 4) is 0 Å². The van der Waals surface area contributed by atoms with E-state index in [1.165, 1.54) is 0 Å². The zero-order valence-corrected chi connectivity index (χ0v) is 14.0. The molecule has 100 valence electrons. The lowest BCUT2D eigenvalue weighted by molar-refractivity contribution is 0.0179. The van der Waals surface area contributed by atoms with Gasteiger partial charge in [-0.3, -0.25) is 9.36 Å². The Kier molecular flexibility index (Phi) is 4.82. The molecule has 1 saturated heterocycles. The van der Waals surface area contributed by atoms with Gasteiger partial charge in [0.05, 0.1) is 15.6 Å². The first-order valence-electron chi connectivity index (χ1n) is 5.93. The lowest BCUT2D eigenvalue weighted by Crippen LogP contribution is -2.39. The molecule has 4 nitrogen and oxygen atoms in total. The van der Waals surface area contributed by atoms with Gasteiger partial charge in [-0.1, -0.05) is 15.9 Å². The SMILES string of the molecule is Cc1ncn(CC2(CBr)CCOCC2)c(=O)c1I. The molecule has 0 atom stereocenters. The highest BCUT2D eigenvalue weighted by atomic mass is 127. The molecule has 0 spiro atoms. The molecule has 0 radical (unpaired) electrons. The fourth-order valence-corrected chi connectivity index (χ4v) is 3.35. The molecule has 6 heteroatoms. The second kappa shape index (κ2) is 6.00. The Morgan fingerprint density at radius 2 is 2.22 bits per heavy atom. The van der Waals surface area contributed by atoms with Crippen molar-refractivity contribution in [2.24, 2.45) is 5.41 Å². The summed E-state index contributed by atoms with van der Waals surface area (Å²) in [7, 11) is 0. The van der Waals surface area contributed by atoms with Crippen LogP contribution in [-0.2, 0) is 11.3 Å². The van der Waals surface area contributed by atoms with E-state index >= 15 is 0 Å². The van der Waals surface area contributed by atoms with Gasteiger partial charge >= 0.3 is 0 Å². The minimum Gasteiger partial charge on any atom is -0.381 e. The van der Waals surface area contributed by atoms with Gasteiger partial charge in [0, 0.05) is 30.5 Å². The predicted molar refractivity (Wildman–Crippen MR) is 82.2 cm³/mol. The lowest BCUT2D eigenvalue weighted by atomic mass is 9.82. The average Bonchev–Trinajstić information content (AvgIpc) is 2.41. The van der Waals surface area contributed by atoms with Crippen LogP contribution in [-0.4, -0.2) is 28.1 Å². The first-order valence-corrected chi connectivity index (χ1v) is 8.13. The summed E-state index contributed by atoms with van der Waals surface area (Å²) in [4.78, 5) is 16.5. The van der Waals surface area contributed by atoms with Crippen LogP contribution >= 0.6 is 38.5 Å². The zero-order valence-electron chi connectivity index (χ0n) is 10.3. The van der Waals surface area contributed by atoms with Crippen molar-refractivity contribution in [3.05, 3.63) is 25.9 Å². The summed E-state index contributed by atoms with van der Waals surface area (Å²) < 4.78 is 7.86. The first kappa shape index (κ1) is 14.5. The Bertz CT molecular complexity index is 483. The minimum absolute atomic E-state index is 0.0647. The molecule has 0 aromatic carbocycles. The standard InChI is InChI=1S/C12H16BrIN2O2/c1-9-10(14)11(17)16(8-15-9)7-12(6-13)2-4-18-5-3-12/h8H,2-7H2,1H3. The number of nitrogens with zero attached hydrogens (tertiary/aromatic N) is 2. The van der Waals surface area contributed by atoms with E-state index in [2.05, 4.69) is 43.5 Å². The van der Waals surface area contributed by atoms with Crippen molar-refractivity contribution in [1.82, 2.24) is 9.55 Å². The summed E-state index contributed by atoms with van der Waals surface area (Å²) in [6.07, 6.45) is 3.63. The Hall–Kier alpha value is 0.0500. The first-order chi connectivity index (χ1) is 8.58. The highest BCUT2D eigenvalue weighted by Crippen LogP contribution is 2.33. The third kappa shape index (κ3) is 2.96. The molecule has 2 heterocycles. The van der Waals surface area contributed by atoms with Gasteiger partial charge in [0.25, 0.3) is 5.56 Å². The van der Waals surface area contributed by atoms with Crippen molar-refractivity contribution >= 4 is 38.5 Å². The zero-order chi connectivity index (χ0) is 13.2. The summed E-state index contributed by atoms with van der Waals surface area (Å²) in [5, 5.41) is 0.889. The van der Waals surface area contributed by atoms with Crippen LogP contribution in [0.5, 0.6) is 0 Å². The number of rotatable bonds is 3. The maximum atomic E-state index is 12.2. The molecule has 1 aliphatic rings. The molecule has 18 heavy (non-hydrogen) atoms. The minimum atomic E-state index is 0.0647. The Morgan fingerprint density at radius 3 is 2.83 bits per heavy atom. The Morgan fingerprint density at radius 1 is 1.56 bits per heavy atom. The molecule has 0 unspecified atom stereocenters. The van der Waals surface area contributed by atoms with Gasteiger partial charge in [0.1, 0.15) is 0 Å². The smallest absolute Gasteiger partial charge is 0.267 e. The van der Waals surface area contributed by atoms with E-state index in [9.17, 15) is 4.79 Å². The molecule has 2 rings (SSSR count). The van der Waals surface area contributed by atoms with Crippen LogP contribution in [0.1, 0.15) is 18.5 Å². The van der Waals surface area contributed by atoms with E-state index in [1.54, 1.807) is 10.9 Å². The van der Waals surface area contributed by atoms with E-state index in [-0.39, 0.29) is 11.0 Å². The number of aryl methyl sites for hydroxylation is 1. The molecule has 0 saturated carbocycles. The molecule has 0 aliphatic carbocycles. The Balaban J connectivity index is 2.27. The molecule has 1 aromatic rings. The number of hydrogen-bond acceptors (Lipinski definition) is 3. The molecular formula is C12H16BrIN2O2. The summed E-state index contributed by atoms with van der Waals surface area (Å²) in [5.74, 6) is 0. The van der Waals surface area contributed by atoms with E-state index in [4.69, 9.17) is 4.74 Å². The van der Waals surface area contributed by atoms with Crippen LogP contribution in [0.3, 0.4) is 0 Å². The van der Waals surface area contributed by atoms with Gasteiger partial charge in [-0.25, -0.2) is 4.98 Å². The number of halogens is 2. The average molecular weight is 427 g/mol. The molecule has 0 N–H and O–H groups in total. The van der Waals surface area contributed by atoms with Gasteiger partial charge in [0.15, 0.2) is 0 Å². The second-order valence-electron chi connectivity index (χ2n) is 4.82. The van der Waals surface area contributed by atoms with Gasteiger partial charge in [-0.15, -0.1) is 0 Å². The van der Waals surface area contributed by atoms with E-state index in [0.717, 1.165) is 37.1 Å². The second-order valence-corrected chi connectivity index (χ2v) is 6.46. The van der Waals surface area contributed by atoms with Gasteiger partial charge in [0.2, 0.25) is 0 Å². The predicted octanol–water partition coefficient (Wildman–Crippen LogP) is 2.35. The summed E-state index contributed by atoms with van der Waals surface area (Å²) in [6.45, 7) is 4.12. The maximum absolute atomic E-state index is 12.2. The highest BCUT2D eigenvalue weighted by molar-refractivity contribution is 14.1. The van der Waals surface area contributed by atoms with E-state index in [0.29, 0.717) is 10.1 Å². The monoisotopic (exact) mass is 426 g/mol. The number of alkyl halides is 1. The quantitative estimate of drug-likeness (QED) is 0.550. The molecule has 0 bridgehead atoms. The number of aromatic nitrogens is 2. The largest absolute Gasteiger partial charge is 0.381 e. The van der Waals surface area contributed by atoms with Gasteiger partial charge in [-0.2, -0.15) is 0 Å². The van der Waals surface area contributed by atoms with E-state index in [1.807, 2.05) is 6.92 Å². The van der Waals surface area contributed by atoms with Crippen LogP contribution in [0, 0.1) is 15.9 Å². The fourth-order valence-electron chi connectivity index (χ4n) is 2.16. The Labute approximate surface area is 128 Å². The number of ether oxygens (including phenoxy) is 1. The van der Waals surface area contributed by atoms with Crippen LogP contribution < -0.4 is 5.56 Å². The maximum Gasteiger partial charge on any atom is 0.267 e. The summed E-state index contributed by atoms with van der Waals surface area (Å²) in [6, 6.07) is 0. The lowest BCUT2D eigenvalue weighted by Gasteiger charge is -2.36. The summed E-state index contributed by atoms with van der Waals surface area (Å²) in [5.41, 5.74) is 0.980. The number of hydrogen-bond donors (Lipinski definition) is 0. The van der Waals surface area contributed by atoms with Crippen molar-refractivity contribution in [3.63, 3.8) is 0 Å². The topological polar surface area (TPSA) is 44.1 Å². The van der Waals surface area contributed by atoms with Crippen LogP contribution in [0.2, 0.25) is 0 Å². The van der Waals surface area contributed by atoms with Crippen molar-refractivity contribution in [2.75, 3.05) is 18.5 Å². The normalized spacial score (nSPS) is 18.8. The molecule has 1 aromatic heterocycles. The molecule has 1 aliphatic heterocycles. The highest BCUT2D eigenvalue weighted by Gasteiger charge is 2.32. The van der Waals surface area contributed by atoms with Crippen molar-refractivity contribution in [1.29, 1.82) is 0 Å². The van der Waals surface area contributed by atoms with E-state index < -0.39 is 0 Å². The van der Waals surface area contributed by atoms with Crippen molar-refractivity contribution in [2.45, 2.75) is 26.3 Å². The molecular weight excluding hydrogens is 411 g/mol. The van der Waals surface area contributed by atoms with Crippen molar-refractivity contribution < 1.29 is 4.74 Å². The van der Waals surface area contributed by atoms with Crippen LogP contribution in [0.25, 0.3) is 0 Å². The molecule has 1 fully saturated rings.